The molecule has 0 saturated carbocycles. The Kier molecular flexibility index (Phi) is 5.22. The summed E-state index contributed by atoms with van der Waals surface area (Å²) in [6.07, 6.45) is 0. The summed E-state index contributed by atoms with van der Waals surface area (Å²) in [5.41, 5.74) is 4.99. The number of amides is 2. The molecule has 2 aromatic carbocycles. The highest BCUT2D eigenvalue weighted by molar-refractivity contribution is 7.99. The van der Waals surface area contributed by atoms with Gasteiger partial charge in [0, 0.05) is 13.5 Å². The van der Waals surface area contributed by atoms with Crippen molar-refractivity contribution < 1.29 is 9.59 Å². The number of nitrogens with one attached hydrogen (secondary N) is 2. The van der Waals surface area contributed by atoms with Crippen LogP contribution in [0.3, 0.4) is 0 Å². The molecule has 3 rings (SSSR count). The summed E-state index contributed by atoms with van der Waals surface area (Å²) in [6, 6.07) is 11.5. The average Bonchev–Trinajstić information content (AvgIpc) is 2.63. The van der Waals surface area contributed by atoms with E-state index >= 15 is 0 Å². The highest BCUT2D eigenvalue weighted by Gasteiger charge is 2.13. The number of hydrazine groups is 1. The first-order valence-corrected chi connectivity index (χ1v) is 9.09. The highest BCUT2D eigenvalue weighted by Crippen LogP contribution is 2.22. The Bertz CT molecular complexity index is 1060. The third-order valence-electron chi connectivity index (χ3n) is 3.81. The minimum absolute atomic E-state index is 0.0335. The summed E-state index contributed by atoms with van der Waals surface area (Å²) >= 11 is 1.15. The molecule has 2 amide bonds. The zero-order valence-electron chi connectivity index (χ0n) is 14.4. The Labute approximate surface area is 153 Å². The molecular weight excluding hydrogens is 352 g/mol. The van der Waals surface area contributed by atoms with Crippen molar-refractivity contribution in [1.82, 2.24) is 20.4 Å². The minimum atomic E-state index is -0.374. The number of carbonyl (C=O) groups is 2. The molecule has 1 aromatic heterocycles. The number of carbonyl (C=O) groups excluding carboxylic acids is 2. The van der Waals surface area contributed by atoms with Crippen molar-refractivity contribution in [2.45, 2.75) is 25.5 Å². The van der Waals surface area contributed by atoms with Gasteiger partial charge in [0.25, 0.3) is 5.56 Å². The molecule has 0 spiro atoms. The summed E-state index contributed by atoms with van der Waals surface area (Å²) in [6.45, 7) is 3.61. The Morgan fingerprint density at radius 2 is 1.85 bits per heavy atom. The molecule has 0 bridgehead atoms. The third kappa shape index (κ3) is 3.70. The number of fused-ring (bicyclic) bond motifs is 2. The third-order valence-corrected chi connectivity index (χ3v) is 4.79. The minimum Gasteiger partial charge on any atom is -0.287 e. The van der Waals surface area contributed by atoms with Crippen molar-refractivity contribution in [3.63, 3.8) is 0 Å². The van der Waals surface area contributed by atoms with Crippen LogP contribution in [-0.4, -0.2) is 27.1 Å². The normalized spacial score (nSPS) is 10.8. The summed E-state index contributed by atoms with van der Waals surface area (Å²) in [5, 5.41) is 3.01. The zero-order chi connectivity index (χ0) is 18.7. The quantitative estimate of drug-likeness (QED) is 0.316. The van der Waals surface area contributed by atoms with Crippen LogP contribution in [0.1, 0.15) is 13.8 Å². The van der Waals surface area contributed by atoms with Gasteiger partial charge in [-0.05, 0) is 29.8 Å². The van der Waals surface area contributed by atoms with Crippen molar-refractivity contribution >= 4 is 45.3 Å². The van der Waals surface area contributed by atoms with Gasteiger partial charge in [0.15, 0.2) is 5.16 Å². The van der Waals surface area contributed by atoms with Crippen LogP contribution in [0.4, 0.5) is 0 Å². The largest absolute Gasteiger partial charge is 0.287 e. The second kappa shape index (κ2) is 7.57. The van der Waals surface area contributed by atoms with Gasteiger partial charge in [0.1, 0.15) is 0 Å². The first-order chi connectivity index (χ1) is 12.5. The van der Waals surface area contributed by atoms with Gasteiger partial charge in [0.2, 0.25) is 11.8 Å². The standard InChI is InChI=1S/C18H18N4O3S/c1-3-22-17(25)14-8-12-6-4-5-7-13(12)9-15(14)19-18(22)26-10-16(24)21-20-11(2)23/h4-9H,3,10H2,1-2H3,(H,20,23)(H,21,24). The first-order valence-electron chi connectivity index (χ1n) is 8.11. The van der Waals surface area contributed by atoms with Crippen molar-refractivity contribution in [2.75, 3.05) is 5.75 Å². The highest BCUT2D eigenvalue weighted by atomic mass is 32.2. The average molecular weight is 370 g/mol. The fourth-order valence-corrected chi connectivity index (χ4v) is 3.46. The fourth-order valence-electron chi connectivity index (χ4n) is 2.60. The predicted octanol–water partition coefficient (Wildman–Crippen LogP) is 1.83. The molecule has 3 aromatic rings. The first kappa shape index (κ1) is 17.9. The van der Waals surface area contributed by atoms with E-state index in [9.17, 15) is 14.4 Å². The maximum atomic E-state index is 12.8. The fraction of sp³-hybridized carbons (Fsp3) is 0.222. The number of nitrogens with zero attached hydrogens (tertiary/aromatic N) is 2. The summed E-state index contributed by atoms with van der Waals surface area (Å²) in [4.78, 5) is 40.0. The van der Waals surface area contributed by atoms with Crippen LogP contribution >= 0.6 is 11.8 Å². The van der Waals surface area contributed by atoms with Crippen LogP contribution in [-0.2, 0) is 16.1 Å². The lowest BCUT2D eigenvalue weighted by Gasteiger charge is -2.12. The van der Waals surface area contributed by atoms with Gasteiger partial charge in [-0.25, -0.2) is 4.98 Å². The van der Waals surface area contributed by atoms with E-state index in [4.69, 9.17) is 0 Å². The smallest absolute Gasteiger partial charge is 0.262 e. The van der Waals surface area contributed by atoms with Gasteiger partial charge < -0.3 is 0 Å². The van der Waals surface area contributed by atoms with Crippen LogP contribution in [0.25, 0.3) is 21.7 Å². The lowest BCUT2D eigenvalue weighted by atomic mass is 10.1. The van der Waals surface area contributed by atoms with Gasteiger partial charge in [-0.3, -0.25) is 29.8 Å². The van der Waals surface area contributed by atoms with E-state index < -0.39 is 0 Å². The van der Waals surface area contributed by atoms with Gasteiger partial charge >= 0.3 is 0 Å². The van der Waals surface area contributed by atoms with E-state index in [0.717, 1.165) is 22.5 Å². The van der Waals surface area contributed by atoms with E-state index in [2.05, 4.69) is 15.8 Å². The van der Waals surface area contributed by atoms with Gasteiger partial charge in [-0.1, -0.05) is 36.0 Å². The van der Waals surface area contributed by atoms with Gasteiger partial charge in [0.05, 0.1) is 16.7 Å². The number of rotatable bonds is 4. The monoisotopic (exact) mass is 370 g/mol. The van der Waals surface area contributed by atoms with Crippen molar-refractivity contribution in [2.24, 2.45) is 0 Å². The molecule has 7 nitrogen and oxygen atoms in total. The van der Waals surface area contributed by atoms with E-state index in [1.807, 2.05) is 43.3 Å². The second-order valence-corrected chi connectivity index (χ2v) is 6.62. The van der Waals surface area contributed by atoms with Crippen molar-refractivity contribution in [3.05, 3.63) is 46.8 Å². The molecule has 0 aliphatic rings. The molecular formula is C18H18N4O3S. The molecule has 2 N–H and O–H groups in total. The lowest BCUT2D eigenvalue weighted by Crippen LogP contribution is -2.41. The number of hydrogen-bond acceptors (Lipinski definition) is 5. The molecule has 0 saturated heterocycles. The maximum Gasteiger partial charge on any atom is 0.262 e. The van der Waals surface area contributed by atoms with Crippen molar-refractivity contribution in [3.8, 4) is 0 Å². The Morgan fingerprint density at radius 3 is 2.50 bits per heavy atom. The molecule has 26 heavy (non-hydrogen) atoms. The second-order valence-electron chi connectivity index (χ2n) is 5.68. The summed E-state index contributed by atoms with van der Waals surface area (Å²) < 4.78 is 1.55. The Balaban J connectivity index is 1.96. The number of aromatic nitrogens is 2. The molecule has 0 radical (unpaired) electrons. The molecule has 0 fully saturated rings. The maximum absolute atomic E-state index is 12.8. The van der Waals surface area contributed by atoms with E-state index in [-0.39, 0.29) is 23.1 Å². The number of thioether (sulfide) groups is 1. The topological polar surface area (TPSA) is 93.1 Å². The molecule has 8 heteroatoms. The van der Waals surface area contributed by atoms with Crippen molar-refractivity contribution in [1.29, 1.82) is 0 Å². The molecule has 0 atom stereocenters. The van der Waals surface area contributed by atoms with Gasteiger partial charge in [-0.15, -0.1) is 0 Å². The molecule has 0 unspecified atom stereocenters. The van der Waals surface area contributed by atoms with Gasteiger partial charge in [-0.2, -0.15) is 0 Å². The van der Waals surface area contributed by atoms with Crippen LogP contribution in [0, 0.1) is 0 Å². The lowest BCUT2D eigenvalue weighted by molar-refractivity contribution is -0.126. The molecule has 1 heterocycles. The van der Waals surface area contributed by atoms with E-state index in [0.29, 0.717) is 22.6 Å². The zero-order valence-corrected chi connectivity index (χ0v) is 15.2. The van der Waals surface area contributed by atoms with Crippen LogP contribution < -0.4 is 16.4 Å². The Hall–Kier alpha value is -2.87. The van der Waals surface area contributed by atoms with E-state index in [1.165, 1.54) is 6.92 Å². The summed E-state index contributed by atoms with van der Waals surface area (Å²) in [5.74, 6) is -0.698. The summed E-state index contributed by atoms with van der Waals surface area (Å²) in [7, 11) is 0. The van der Waals surface area contributed by atoms with E-state index in [1.54, 1.807) is 4.57 Å². The Morgan fingerprint density at radius 1 is 1.15 bits per heavy atom. The predicted molar refractivity (Wildman–Crippen MR) is 102 cm³/mol. The SMILES string of the molecule is CCn1c(SCC(=O)NNC(C)=O)nc2cc3ccccc3cc2c1=O. The number of hydrogen-bond donors (Lipinski definition) is 2. The van der Waals surface area contributed by atoms with Crippen LogP contribution in [0.5, 0.6) is 0 Å². The number of benzene rings is 2. The molecule has 0 aliphatic heterocycles. The van der Waals surface area contributed by atoms with Crippen LogP contribution in [0.2, 0.25) is 0 Å². The van der Waals surface area contributed by atoms with Crippen LogP contribution in [0.15, 0.2) is 46.3 Å². The molecule has 0 aliphatic carbocycles. The molecule has 134 valence electrons.